The first-order valence-corrected chi connectivity index (χ1v) is 13.4. The average molecular weight is 569 g/mol. The highest BCUT2D eigenvalue weighted by molar-refractivity contribution is 6.03. The van der Waals surface area contributed by atoms with Crippen molar-refractivity contribution in [3.8, 4) is 0 Å². The number of aliphatic carboxylic acids is 1. The van der Waals surface area contributed by atoms with Crippen LogP contribution in [0.4, 0.5) is 10.5 Å². The molecule has 0 saturated heterocycles. The van der Waals surface area contributed by atoms with Crippen LogP contribution in [0.15, 0.2) is 91.0 Å². The molecule has 0 aliphatic carbocycles. The zero-order valence-electron chi connectivity index (χ0n) is 23.1. The average Bonchev–Trinajstić information content (AvgIpc) is 3.34. The molecule has 10 heteroatoms. The van der Waals surface area contributed by atoms with Crippen LogP contribution >= 0.6 is 0 Å². The molecule has 0 unspecified atom stereocenters. The number of anilines is 1. The fourth-order valence-corrected chi connectivity index (χ4v) is 4.42. The number of fused-ring (bicyclic) bond motifs is 1. The Labute approximate surface area is 243 Å². The van der Waals surface area contributed by atoms with Gasteiger partial charge >= 0.3 is 12.1 Å². The molecule has 0 saturated carbocycles. The van der Waals surface area contributed by atoms with Crippen molar-refractivity contribution in [3.05, 3.63) is 108 Å². The Morgan fingerprint density at radius 3 is 2.43 bits per heavy atom. The van der Waals surface area contributed by atoms with Gasteiger partial charge in [0.1, 0.15) is 18.3 Å². The molecule has 1 heterocycles. The van der Waals surface area contributed by atoms with Crippen LogP contribution in [0.3, 0.4) is 0 Å². The smallest absolute Gasteiger partial charge is 0.407 e. The second kappa shape index (κ2) is 14.3. The summed E-state index contributed by atoms with van der Waals surface area (Å²) in [6, 6.07) is 24.4. The van der Waals surface area contributed by atoms with Gasteiger partial charge in [0, 0.05) is 36.3 Å². The van der Waals surface area contributed by atoms with Crippen LogP contribution in [0.5, 0.6) is 0 Å². The number of carbonyl (C=O) groups excluding carboxylic acids is 3. The lowest BCUT2D eigenvalue weighted by atomic mass is 10.1. The van der Waals surface area contributed by atoms with Gasteiger partial charge in [-0.3, -0.25) is 9.59 Å². The van der Waals surface area contributed by atoms with Crippen molar-refractivity contribution in [2.24, 2.45) is 7.05 Å². The third kappa shape index (κ3) is 8.07. The number of aromatic nitrogens is 1. The minimum Gasteiger partial charge on any atom is -0.478 e. The largest absolute Gasteiger partial charge is 0.478 e. The van der Waals surface area contributed by atoms with E-state index in [1.54, 1.807) is 41.9 Å². The highest BCUT2D eigenvalue weighted by atomic mass is 16.5. The lowest BCUT2D eigenvalue weighted by molar-refractivity contribution is -0.131. The summed E-state index contributed by atoms with van der Waals surface area (Å²) in [5.74, 6) is -2.03. The summed E-state index contributed by atoms with van der Waals surface area (Å²) in [7, 11) is 1.78. The van der Waals surface area contributed by atoms with E-state index in [4.69, 9.17) is 9.84 Å². The second-order valence-electron chi connectivity index (χ2n) is 9.55. The third-order valence-corrected chi connectivity index (χ3v) is 6.58. The molecule has 4 rings (SSSR count). The molecule has 0 aliphatic rings. The number of rotatable bonds is 12. The van der Waals surface area contributed by atoms with E-state index in [0.717, 1.165) is 22.5 Å². The molecule has 4 N–H and O–H groups in total. The van der Waals surface area contributed by atoms with E-state index in [1.807, 2.05) is 54.6 Å². The van der Waals surface area contributed by atoms with Crippen molar-refractivity contribution < 1.29 is 29.0 Å². The summed E-state index contributed by atoms with van der Waals surface area (Å²) in [6.45, 7) is 0.355. The van der Waals surface area contributed by atoms with Gasteiger partial charge in [-0.2, -0.15) is 0 Å². The monoisotopic (exact) mass is 568 g/mol. The molecule has 216 valence electrons. The minimum atomic E-state index is -1.12. The number of carboxylic acid groups (broad SMARTS) is 1. The maximum Gasteiger partial charge on any atom is 0.407 e. The van der Waals surface area contributed by atoms with Crippen LogP contribution in [-0.2, 0) is 28.0 Å². The topological polar surface area (TPSA) is 139 Å². The molecule has 1 aromatic heterocycles. The molecule has 10 nitrogen and oxygen atoms in total. The molecule has 42 heavy (non-hydrogen) atoms. The molecule has 0 radical (unpaired) electrons. The first-order valence-electron chi connectivity index (χ1n) is 13.4. The summed E-state index contributed by atoms with van der Waals surface area (Å²) in [5, 5.41) is 18.2. The number of hydrogen-bond acceptors (Lipinski definition) is 5. The predicted molar refractivity (Wildman–Crippen MR) is 160 cm³/mol. The predicted octanol–water partition coefficient (Wildman–Crippen LogP) is 4.72. The fourth-order valence-electron chi connectivity index (χ4n) is 4.42. The SMILES string of the molecule is Cn1c(C(=O)N[C@@H](CCCNC(=O)OCc2ccccc2)C(=O)Nc2ccccc2/C=C/C(=O)O)cc2ccccc21. The molecular weight excluding hydrogens is 536 g/mol. The summed E-state index contributed by atoms with van der Waals surface area (Å²) in [6.07, 6.45) is 2.36. The van der Waals surface area contributed by atoms with Crippen LogP contribution in [-0.4, -0.2) is 46.1 Å². The molecule has 0 spiro atoms. The number of para-hydroxylation sites is 2. The highest BCUT2D eigenvalue weighted by Crippen LogP contribution is 2.20. The summed E-state index contributed by atoms with van der Waals surface area (Å²) < 4.78 is 6.99. The number of benzene rings is 3. The van der Waals surface area contributed by atoms with E-state index in [2.05, 4.69) is 16.0 Å². The van der Waals surface area contributed by atoms with Gasteiger partial charge in [-0.05, 0) is 48.2 Å². The van der Waals surface area contributed by atoms with E-state index < -0.39 is 29.9 Å². The standard InChI is InChI=1S/C32H32N4O6/c1-36-27-16-8-6-13-24(27)20-28(36)31(40)35-26(15-9-19-33-32(41)42-21-22-10-3-2-4-11-22)30(39)34-25-14-7-5-12-23(25)17-18-29(37)38/h2-8,10-14,16-18,20,26H,9,15,19,21H2,1H3,(H,33,41)(H,34,39)(H,35,40)(H,37,38)/b18-17+/t26-/m0/s1. The highest BCUT2D eigenvalue weighted by Gasteiger charge is 2.24. The van der Waals surface area contributed by atoms with Gasteiger partial charge in [0.2, 0.25) is 5.91 Å². The van der Waals surface area contributed by atoms with Crippen LogP contribution in [0.2, 0.25) is 0 Å². The van der Waals surface area contributed by atoms with E-state index >= 15 is 0 Å². The summed E-state index contributed by atoms with van der Waals surface area (Å²) in [5.41, 5.74) is 3.02. The van der Waals surface area contributed by atoms with Crippen molar-refractivity contribution in [3.63, 3.8) is 0 Å². The fraction of sp³-hybridized carbons (Fsp3) is 0.188. The maximum absolute atomic E-state index is 13.4. The van der Waals surface area contributed by atoms with E-state index in [1.165, 1.54) is 6.08 Å². The first-order chi connectivity index (χ1) is 20.3. The Hall–Kier alpha value is -5.38. The van der Waals surface area contributed by atoms with Gasteiger partial charge < -0.3 is 30.4 Å². The number of nitrogens with zero attached hydrogens (tertiary/aromatic N) is 1. The number of carbonyl (C=O) groups is 4. The van der Waals surface area contributed by atoms with Crippen LogP contribution < -0.4 is 16.0 Å². The van der Waals surface area contributed by atoms with Crippen molar-refractivity contribution >= 4 is 46.5 Å². The lowest BCUT2D eigenvalue weighted by Crippen LogP contribution is -2.44. The zero-order valence-corrected chi connectivity index (χ0v) is 23.1. The van der Waals surface area contributed by atoms with Gasteiger partial charge in [0.25, 0.3) is 5.91 Å². The number of ether oxygens (including phenoxy) is 1. The van der Waals surface area contributed by atoms with Crippen molar-refractivity contribution in [1.29, 1.82) is 0 Å². The number of alkyl carbamates (subject to hydrolysis) is 1. The maximum atomic E-state index is 13.4. The van der Waals surface area contributed by atoms with Gasteiger partial charge in [-0.25, -0.2) is 9.59 Å². The van der Waals surface area contributed by atoms with Crippen molar-refractivity contribution in [2.75, 3.05) is 11.9 Å². The van der Waals surface area contributed by atoms with Crippen LogP contribution in [0, 0.1) is 0 Å². The Morgan fingerprint density at radius 2 is 1.67 bits per heavy atom. The van der Waals surface area contributed by atoms with Crippen molar-refractivity contribution in [2.45, 2.75) is 25.5 Å². The second-order valence-corrected chi connectivity index (χ2v) is 9.55. The molecule has 0 bridgehead atoms. The van der Waals surface area contributed by atoms with Crippen LogP contribution in [0.25, 0.3) is 17.0 Å². The third-order valence-electron chi connectivity index (χ3n) is 6.58. The molecular formula is C32H32N4O6. The molecule has 3 aromatic carbocycles. The minimum absolute atomic E-state index is 0.133. The van der Waals surface area contributed by atoms with Crippen LogP contribution in [0.1, 0.15) is 34.5 Å². The number of amides is 3. The Balaban J connectivity index is 1.43. The number of nitrogens with one attached hydrogen (secondary N) is 3. The molecule has 1 atom stereocenters. The molecule has 3 amide bonds. The summed E-state index contributed by atoms with van der Waals surface area (Å²) >= 11 is 0. The first kappa shape index (κ1) is 29.6. The van der Waals surface area contributed by atoms with E-state index in [0.29, 0.717) is 23.4 Å². The molecule has 4 aromatic rings. The van der Waals surface area contributed by atoms with Gasteiger partial charge in [-0.15, -0.1) is 0 Å². The normalized spacial score (nSPS) is 11.6. The molecule has 0 aliphatic heterocycles. The van der Waals surface area contributed by atoms with Gasteiger partial charge in [0.15, 0.2) is 0 Å². The Bertz CT molecular complexity index is 1600. The van der Waals surface area contributed by atoms with E-state index in [-0.39, 0.29) is 19.6 Å². The quantitative estimate of drug-likeness (QED) is 0.144. The van der Waals surface area contributed by atoms with Crippen molar-refractivity contribution in [1.82, 2.24) is 15.2 Å². The summed E-state index contributed by atoms with van der Waals surface area (Å²) in [4.78, 5) is 49.9. The van der Waals surface area contributed by atoms with E-state index in [9.17, 15) is 19.2 Å². The zero-order chi connectivity index (χ0) is 29.9. The van der Waals surface area contributed by atoms with Gasteiger partial charge in [0.05, 0.1) is 0 Å². The number of hydrogen-bond donors (Lipinski definition) is 4. The molecule has 0 fully saturated rings. The Kier molecular flexibility index (Phi) is 10.1. The lowest BCUT2D eigenvalue weighted by Gasteiger charge is -2.20. The number of carboxylic acids is 1. The Morgan fingerprint density at radius 1 is 0.952 bits per heavy atom. The van der Waals surface area contributed by atoms with Gasteiger partial charge in [-0.1, -0.05) is 66.7 Å². The number of aryl methyl sites for hydroxylation is 1.